The first-order valence-electron chi connectivity index (χ1n) is 5.56. The summed E-state index contributed by atoms with van der Waals surface area (Å²) in [5.74, 6) is -0.201. The van der Waals surface area contributed by atoms with E-state index in [-0.39, 0.29) is 6.42 Å². The van der Waals surface area contributed by atoms with Crippen molar-refractivity contribution in [2.75, 3.05) is 0 Å². The maximum Gasteiger partial charge on any atom is 0.303 e. The molecule has 2 heterocycles. The lowest BCUT2D eigenvalue weighted by Crippen LogP contribution is -2.05. The zero-order chi connectivity index (χ0) is 13.1. The summed E-state index contributed by atoms with van der Waals surface area (Å²) in [6, 6.07) is 0. The Morgan fingerprint density at radius 3 is 2.89 bits per heavy atom. The van der Waals surface area contributed by atoms with Gasteiger partial charge in [-0.25, -0.2) is 4.68 Å². The summed E-state index contributed by atoms with van der Waals surface area (Å²) >= 11 is 0. The van der Waals surface area contributed by atoms with E-state index in [0.717, 1.165) is 11.3 Å². The molecule has 0 radical (unpaired) electrons. The van der Waals surface area contributed by atoms with Crippen LogP contribution in [-0.4, -0.2) is 41.1 Å². The molecule has 0 saturated carbocycles. The second kappa shape index (κ2) is 4.94. The molecule has 96 valence electrons. The Hall–Kier alpha value is -2.25. The van der Waals surface area contributed by atoms with Gasteiger partial charge >= 0.3 is 5.97 Å². The minimum absolute atomic E-state index is 0.103. The van der Waals surface area contributed by atoms with Crippen LogP contribution in [0.5, 0.6) is 0 Å². The maximum absolute atomic E-state index is 10.5. The van der Waals surface area contributed by atoms with E-state index in [9.17, 15) is 4.79 Å². The van der Waals surface area contributed by atoms with Crippen LogP contribution < -0.4 is 0 Å². The standard InChI is InChI=1S/C10H14N6O2/c1-7-8(6-15(2)12-7)10-11-13-14-16(10)5-3-4-9(17)18/h6H,3-5H2,1-2H3,(H,17,18). The van der Waals surface area contributed by atoms with Crippen molar-refractivity contribution >= 4 is 5.97 Å². The summed E-state index contributed by atoms with van der Waals surface area (Å²) in [5.41, 5.74) is 1.70. The molecule has 0 aliphatic carbocycles. The van der Waals surface area contributed by atoms with Gasteiger partial charge in [0.15, 0.2) is 5.82 Å². The SMILES string of the molecule is Cc1nn(C)cc1-c1nnnn1CCCC(=O)O. The Morgan fingerprint density at radius 2 is 2.28 bits per heavy atom. The molecule has 0 aliphatic rings. The van der Waals surface area contributed by atoms with Gasteiger partial charge in [-0.15, -0.1) is 5.10 Å². The molecule has 0 saturated heterocycles. The number of carboxylic acids is 1. The number of aromatic nitrogens is 6. The molecule has 0 unspecified atom stereocenters. The number of carbonyl (C=O) groups is 1. The van der Waals surface area contributed by atoms with Crippen LogP contribution in [0.15, 0.2) is 6.20 Å². The van der Waals surface area contributed by atoms with Gasteiger partial charge in [0.1, 0.15) is 0 Å². The van der Waals surface area contributed by atoms with Crippen molar-refractivity contribution in [1.29, 1.82) is 0 Å². The number of rotatable bonds is 5. The smallest absolute Gasteiger partial charge is 0.303 e. The Labute approximate surface area is 103 Å². The van der Waals surface area contributed by atoms with Crippen molar-refractivity contribution in [2.45, 2.75) is 26.3 Å². The first-order valence-corrected chi connectivity index (χ1v) is 5.56. The monoisotopic (exact) mass is 250 g/mol. The number of carboxylic acid groups (broad SMARTS) is 1. The van der Waals surface area contributed by atoms with E-state index in [1.54, 1.807) is 9.36 Å². The predicted molar refractivity (Wildman–Crippen MR) is 61.6 cm³/mol. The van der Waals surface area contributed by atoms with E-state index >= 15 is 0 Å². The van der Waals surface area contributed by atoms with Gasteiger partial charge in [0.25, 0.3) is 0 Å². The number of tetrazole rings is 1. The first kappa shape index (κ1) is 12.2. The van der Waals surface area contributed by atoms with Crippen LogP contribution in [0, 0.1) is 6.92 Å². The molecular formula is C10H14N6O2. The Balaban J connectivity index is 2.17. The largest absolute Gasteiger partial charge is 0.481 e. The van der Waals surface area contributed by atoms with Crippen LogP contribution in [0.25, 0.3) is 11.4 Å². The molecule has 1 N–H and O–H groups in total. The molecule has 2 aromatic rings. The van der Waals surface area contributed by atoms with Gasteiger partial charge in [0.05, 0.1) is 11.3 Å². The van der Waals surface area contributed by atoms with Crippen LogP contribution in [0.1, 0.15) is 18.5 Å². The lowest BCUT2D eigenvalue weighted by molar-refractivity contribution is -0.137. The Morgan fingerprint density at radius 1 is 1.50 bits per heavy atom. The maximum atomic E-state index is 10.5. The van der Waals surface area contributed by atoms with E-state index < -0.39 is 5.97 Å². The highest BCUT2D eigenvalue weighted by molar-refractivity contribution is 5.66. The highest BCUT2D eigenvalue weighted by Gasteiger charge is 2.14. The number of nitrogens with zero attached hydrogens (tertiary/aromatic N) is 6. The third-order valence-electron chi connectivity index (χ3n) is 2.55. The summed E-state index contributed by atoms with van der Waals surface area (Å²) in [6.07, 6.45) is 2.44. The summed E-state index contributed by atoms with van der Waals surface area (Å²) in [5, 5.41) is 24.3. The molecule has 8 heteroatoms. The third kappa shape index (κ3) is 2.53. The van der Waals surface area contributed by atoms with Crippen molar-refractivity contribution < 1.29 is 9.90 Å². The molecule has 0 fully saturated rings. The van der Waals surface area contributed by atoms with Gasteiger partial charge in [-0.3, -0.25) is 9.48 Å². The fourth-order valence-corrected chi connectivity index (χ4v) is 1.75. The summed E-state index contributed by atoms with van der Waals surface area (Å²) in [6.45, 7) is 2.36. The van der Waals surface area contributed by atoms with Gasteiger partial charge in [-0.2, -0.15) is 5.10 Å². The number of aryl methyl sites for hydroxylation is 3. The second-order valence-corrected chi connectivity index (χ2v) is 4.02. The average Bonchev–Trinajstić information content (AvgIpc) is 2.84. The molecule has 0 aromatic carbocycles. The van der Waals surface area contributed by atoms with Crippen LogP contribution in [0.3, 0.4) is 0 Å². The molecule has 0 atom stereocenters. The lowest BCUT2D eigenvalue weighted by atomic mass is 10.2. The van der Waals surface area contributed by atoms with Crippen molar-refractivity contribution in [3.8, 4) is 11.4 Å². The highest BCUT2D eigenvalue weighted by Crippen LogP contribution is 2.19. The normalized spacial score (nSPS) is 10.8. The van der Waals surface area contributed by atoms with Gasteiger partial charge < -0.3 is 5.11 Å². The highest BCUT2D eigenvalue weighted by atomic mass is 16.4. The Bertz CT molecular complexity index is 558. The van der Waals surface area contributed by atoms with Crippen molar-refractivity contribution in [1.82, 2.24) is 30.0 Å². The first-order chi connectivity index (χ1) is 8.58. The molecule has 0 aliphatic heterocycles. The van der Waals surface area contributed by atoms with Gasteiger partial charge in [-0.05, 0) is 23.8 Å². The van der Waals surface area contributed by atoms with Gasteiger partial charge in [0.2, 0.25) is 0 Å². The molecular weight excluding hydrogens is 236 g/mol. The minimum atomic E-state index is -0.817. The lowest BCUT2D eigenvalue weighted by Gasteiger charge is -2.02. The number of hydrogen-bond donors (Lipinski definition) is 1. The topological polar surface area (TPSA) is 98.7 Å². The number of hydrogen-bond acceptors (Lipinski definition) is 5. The summed E-state index contributed by atoms with van der Waals surface area (Å²) < 4.78 is 3.30. The fourth-order valence-electron chi connectivity index (χ4n) is 1.75. The van der Waals surface area contributed by atoms with Gasteiger partial charge in [0, 0.05) is 26.2 Å². The van der Waals surface area contributed by atoms with Gasteiger partial charge in [-0.1, -0.05) is 0 Å². The molecule has 8 nitrogen and oxygen atoms in total. The molecule has 0 amide bonds. The second-order valence-electron chi connectivity index (χ2n) is 4.02. The third-order valence-corrected chi connectivity index (χ3v) is 2.55. The quantitative estimate of drug-likeness (QED) is 0.816. The minimum Gasteiger partial charge on any atom is -0.481 e. The van der Waals surface area contributed by atoms with Crippen LogP contribution in [0.2, 0.25) is 0 Å². The van der Waals surface area contributed by atoms with E-state index in [1.165, 1.54) is 0 Å². The summed E-state index contributed by atoms with van der Waals surface area (Å²) in [4.78, 5) is 10.5. The summed E-state index contributed by atoms with van der Waals surface area (Å²) in [7, 11) is 1.83. The molecule has 2 aromatic heterocycles. The van der Waals surface area contributed by atoms with Crippen molar-refractivity contribution in [2.24, 2.45) is 7.05 Å². The van der Waals surface area contributed by atoms with Crippen molar-refractivity contribution in [3.05, 3.63) is 11.9 Å². The molecule has 18 heavy (non-hydrogen) atoms. The van der Waals surface area contributed by atoms with Crippen LogP contribution in [0.4, 0.5) is 0 Å². The van der Waals surface area contributed by atoms with E-state index in [4.69, 9.17) is 5.11 Å². The zero-order valence-corrected chi connectivity index (χ0v) is 10.2. The molecule has 2 rings (SSSR count). The average molecular weight is 250 g/mol. The van der Waals surface area contributed by atoms with Crippen LogP contribution >= 0.6 is 0 Å². The Kier molecular flexibility index (Phi) is 3.35. The number of aliphatic carboxylic acids is 1. The predicted octanol–water partition coefficient (Wildman–Crippen LogP) is 0.247. The van der Waals surface area contributed by atoms with E-state index in [2.05, 4.69) is 20.6 Å². The molecule has 0 spiro atoms. The van der Waals surface area contributed by atoms with E-state index in [0.29, 0.717) is 18.8 Å². The van der Waals surface area contributed by atoms with E-state index in [1.807, 2.05) is 20.2 Å². The fraction of sp³-hybridized carbons (Fsp3) is 0.500. The van der Waals surface area contributed by atoms with Crippen LogP contribution in [-0.2, 0) is 18.4 Å². The molecule has 0 bridgehead atoms. The zero-order valence-electron chi connectivity index (χ0n) is 10.2. The van der Waals surface area contributed by atoms with Crippen molar-refractivity contribution in [3.63, 3.8) is 0 Å².